The van der Waals surface area contributed by atoms with Gasteiger partial charge in [-0.15, -0.1) is 0 Å². The Labute approximate surface area is 124 Å². The van der Waals surface area contributed by atoms with Gasteiger partial charge in [0.05, 0.1) is 6.61 Å². The fourth-order valence-corrected chi connectivity index (χ4v) is 2.74. The summed E-state index contributed by atoms with van der Waals surface area (Å²) in [6.07, 6.45) is 4.90. The van der Waals surface area contributed by atoms with Gasteiger partial charge in [-0.05, 0) is 31.5 Å². The second-order valence-electron chi connectivity index (χ2n) is 5.46. The zero-order valence-corrected chi connectivity index (χ0v) is 12.4. The third-order valence-electron chi connectivity index (χ3n) is 4.01. The molecule has 0 aromatic carbocycles. The topological polar surface area (TPSA) is 74.6 Å². The summed E-state index contributed by atoms with van der Waals surface area (Å²) in [6.45, 7) is 2.29. The number of aromatic nitrogens is 1. The van der Waals surface area contributed by atoms with E-state index in [1.54, 1.807) is 19.3 Å². The van der Waals surface area contributed by atoms with Crippen molar-refractivity contribution >= 4 is 5.91 Å². The molecule has 1 aliphatic rings. The van der Waals surface area contributed by atoms with Gasteiger partial charge >= 0.3 is 0 Å². The lowest BCUT2D eigenvalue weighted by molar-refractivity contribution is 0.0848. The number of aliphatic hydroxyl groups excluding tert-OH is 1. The summed E-state index contributed by atoms with van der Waals surface area (Å²) in [5.41, 5.74) is -0.126. The van der Waals surface area contributed by atoms with Crippen molar-refractivity contribution in [1.82, 2.24) is 14.8 Å². The van der Waals surface area contributed by atoms with E-state index >= 15 is 0 Å². The number of aliphatic hydroxyl groups is 1. The Morgan fingerprint density at radius 1 is 1.48 bits per heavy atom. The number of likely N-dealkylation sites (tertiary alicyclic amines) is 1. The Morgan fingerprint density at radius 3 is 3.05 bits per heavy atom. The van der Waals surface area contributed by atoms with Crippen molar-refractivity contribution in [3.63, 3.8) is 0 Å². The maximum absolute atomic E-state index is 12.0. The third kappa shape index (κ3) is 3.92. The minimum absolute atomic E-state index is 0.160. The molecule has 1 atom stereocenters. The molecule has 2 rings (SSSR count). The molecule has 2 heterocycles. The molecule has 21 heavy (non-hydrogen) atoms. The first kappa shape index (κ1) is 15.7. The van der Waals surface area contributed by atoms with Crippen LogP contribution in [0.4, 0.5) is 0 Å². The van der Waals surface area contributed by atoms with Crippen LogP contribution in [0, 0.1) is 0 Å². The zero-order valence-electron chi connectivity index (χ0n) is 12.4. The lowest BCUT2D eigenvalue weighted by Gasteiger charge is -2.34. The third-order valence-corrected chi connectivity index (χ3v) is 4.01. The van der Waals surface area contributed by atoms with E-state index in [2.05, 4.69) is 10.2 Å². The van der Waals surface area contributed by atoms with Gasteiger partial charge in [-0.2, -0.15) is 0 Å². The number of piperidine rings is 1. The number of nitrogens with zero attached hydrogens (tertiary/aromatic N) is 2. The van der Waals surface area contributed by atoms with Gasteiger partial charge in [0.2, 0.25) is 0 Å². The molecule has 0 spiro atoms. The number of hydrogen-bond acceptors (Lipinski definition) is 4. The smallest absolute Gasteiger partial charge is 0.263 e. The minimum atomic E-state index is -0.339. The van der Waals surface area contributed by atoms with Gasteiger partial charge in [-0.25, -0.2) is 0 Å². The van der Waals surface area contributed by atoms with Crippen molar-refractivity contribution in [2.75, 3.05) is 26.2 Å². The van der Waals surface area contributed by atoms with Gasteiger partial charge in [-0.1, -0.05) is 6.42 Å². The summed E-state index contributed by atoms with van der Waals surface area (Å²) in [6, 6.07) is 3.41. The molecule has 0 saturated carbocycles. The van der Waals surface area contributed by atoms with E-state index in [9.17, 15) is 14.7 Å². The van der Waals surface area contributed by atoms with E-state index in [1.165, 1.54) is 10.6 Å². The van der Waals surface area contributed by atoms with Crippen LogP contribution >= 0.6 is 0 Å². The monoisotopic (exact) mass is 293 g/mol. The number of carbonyl (C=O) groups excluding carboxylic acids is 1. The second kappa shape index (κ2) is 7.38. The second-order valence-corrected chi connectivity index (χ2v) is 5.46. The van der Waals surface area contributed by atoms with Crippen molar-refractivity contribution in [2.45, 2.75) is 25.3 Å². The number of carbonyl (C=O) groups is 1. The first-order valence-corrected chi connectivity index (χ1v) is 7.42. The molecule has 6 heteroatoms. The van der Waals surface area contributed by atoms with E-state index in [0.29, 0.717) is 13.1 Å². The molecule has 116 valence electrons. The maximum Gasteiger partial charge on any atom is 0.263 e. The number of pyridine rings is 1. The van der Waals surface area contributed by atoms with Gasteiger partial charge in [0.15, 0.2) is 0 Å². The van der Waals surface area contributed by atoms with Crippen LogP contribution in [0.5, 0.6) is 0 Å². The average Bonchev–Trinajstić information content (AvgIpc) is 2.50. The van der Waals surface area contributed by atoms with Crippen molar-refractivity contribution in [3.05, 3.63) is 34.2 Å². The highest BCUT2D eigenvalue weighted by atomic mass is 16.3. The molecule has 1 fully saturated rings. The van der Waals surface area contributed by atoms with Crippen LogP contribution in [0.25, 0.3) is 0 Å². The van der Waals surface area contributed by atoms with Crippen LogP contribution in [0.15, 0.2) is 23.1 Å². The molecule has 0 radical (unpaired) electrons. The normalized spacial score (nSPS) is 19.4. The first-order valence-electron chi connectivity index (χ1n) is 7.42. The molecule has 1 aromatic heterocycles. The zero-order chi connectivity index (χ0) is 15.2. The average molecular weight is 293 g/mol. The SMILES string of the molecule is Cn1cccc(C(=O)NCCN2CCCC[C@H]2CO)c1=O. The Bertz CT molecular complexity index is 541. The molecule has 0 bridgehead atoms. The van der Waals surface area contributed by atoms with E-state index in [1.807, 2.05) is 0 Å². The predicted molar refractivity (Wildman–Crippen MR) is 80.3 cm³/mol. The Morgan fingerprint density at radius 2 is 2.29 bits per heavy atom. The lowest BCUT2D eigenvalue weighted by atomic mass is 10.0. The maximum atomic E-state index is 12.0. The summed E-state index contributed by atoms with van der Waals surface area (Å²) in [5, 5.41) is 12.1. The quantitative estimate of drug-likeness (QED) is 0.799. The van der Waals surface area contributed by atoms with Gasteiger partial charge in [-0.3, -0.25) is 14.5 Å². The number of amides is 1. The summed E-state index contributed by atoms with van der Waals surface area (Å²) >= 11 is 0. The van der Waals surface area contributed by atoms with Crippen molar-refractivity contribution in [2.24, 2.45) is 7.05 Å². The summed E-state index contributed by atoms with van der Waals surface area (Å²) in [4.78, 5) is 26.1. The summed E-state index contributed by atoms with van der Waals surface area (Å²) in [7, 11) is 1.62. The number of rotatable bonds is 5. The summed E-state index contributed by atoms with van der Waals surface area (Å²) in [5.74, 6) is -0.339. The van der Waals surface area contributed by atoms with Crippen LogP contribution in [-0.2, 0) is 7.05 Å². The Balaban J connectivity index is 1.87. The lowest BCUT2D eigenvalue weighted by Crippen LogP contribution is -2.45. The molecule has 6 nitrogen and oxygen atoms in total. The molecule has 1 saturated heterocycles. The van der Waals surface area contributed by atoms with Gasteiger partial charge < -0.3 is 15.0 Å². The molecular formula is C15H23N3O3. The van der Waals surface area contributed by atoms with Crippen LogP contribution in [0.2, 0.25) is 0 Å². The number of nitrogens with one attached hydrogen (secondary N) is 1. The van der Waals surface area contributed by atoms with Crippen LogP contribution in [0.3, 0.4) is 0 Å². The number of aryl methyl sites for hydroxylation is 1. The van der Waals surface area contributed by atoms with Crippen molar-refractivity contribution < 1.29 is 9.90 Å². The molecule has 1 amide bonds. The molecule has 0 unspecified atom stereocenters. The van der Waals surface area contributed by atoms with Gasteiger partial charge in [0, 0.05) is 32.4 Å². The Hall–Kier alpha value is -1.66. The van der Waals surface area contributed by atoms with Crippen LogP contribution < -0.4 is 10.9 Å². The fraction of sp³-hybridized carbons (Fsp3) is 0.600. The van der Waals surface area contributed by atoms with E-state index in [0.717, 1.165) is 25.8 Å². The predicted octanol–water partition coefficient (Wildman–Crippen LogP) is -0.0381. The molecular weight excluding hydrogens is 270 g/mol. The van der Waals surface area contributed by atoms with E-state index in [4.69, 9.17) is 0 Å². The van der Waals surface area contributed by atoms with Crippen LogP contribution in [0.1, 0.15) is 29.6 Å². The first-order chi connectivity index (χ1) is 10.1. The minimum Gasteiger partial charge on any atom is -0.395 e. The fourth-order valence-electron chi connectivity index (χ4n) is 2.74. The highest BCUT2D eigenvalue weighted by Crippen LogP contribution is 2.15. The molecule has 1 aromatic rings. The number of hydrogen-bond donors (Lipinski definition) is 2. The highest BCUT2D eigenvalue weighted by Gasteiger charge is 2.21. The van der Waals surface area contributed by atoms with Crippen LogP contribution in [-0.4, -0.2) is 52.8 Å². The molecule has 2 N–H and O–H groups in total. The van der Waals surface area contributed by atoms with E-state index < -0.39 is 0 Å². The largest absolute Gasteiger partial charge is 0.395 e. The van der Waals surface area contributed by atoms with Crippen molar-refractivity contribution in [1.29, 1.82) is 0 Å². The molecule has 1 aliphatic heterocycles. The van der Waals surface area contributed by atoms with Gasteiger partial charge in [0.1, 0.15) is 5.56 Å². The standard InChI is InChI=1S/C15H23N3O3/c1-17-8-4-6-13(15(17)21)14(20)16-7-10-18-9-3-2-5-12(18)11-19/h4,6,8,12,19H,2-3,5,7,9-11H2,1H3,(H,16,20)/t12-/m0/s1. The molecule has 0 aliphatic carbocycles. The van der Waals surface area contributed by atoms with Gasteiger partial charge in [0.25, 0.3) is 11.5 Å². The van der Waals surface area contributed by atoms with E-state index in [-0.39, 0.29) is 29.7 Å². The summed E-state index contributed by atoms with van der Waals surface area (Å²) < 4.78 is 1.39. The highest BCUT2D eigenvalue weighted by molar-refractivity contribution is 5.93. The Kier molecular flexibility index (Phi) is 5.52. The van der Waals surface area contributed by atoms with Crippen molar-refractivity contribution in [3.8, 4) is 0 Å².